The van der Waals surface area contributed by atoms with Gasteiger partial charge >= 0.3 is 5.97 Å². The first-order chi connectivity index (χ1) is 8.65. The quantitative estimate of drug-likeness (QED) is 0.900. The molecule has 2 heterocycles. The van der Waals surface area contributed by atoms with E-state index in [0.717, 1.165) is 10.1 Å². The fraction of sp³-hybridized carbons (Fsp3) is 0.231. The topological polar surface area (TPSA) is 57.6 Å². The Hall–Kier alpha value is -1.88. The van der Waals surface area contributed by atoms with Gasteiger partial charge in [-0.15, -0.1) is 11.3 Å². The van der Waals surface area contributed by atoms with Crippen molar-refractivity contribution in [2.75, 3.05) is 13.1 Å². The predicted octanol–water partition coefficient (Wildman–Crippen LogP) is 2.06. The summed E-state index contributed by atoms with van der Waals surface area (Å²) in [6.45, 7) is 0.644. The molecule has 0 saturated carbocycles. The third-order valence-corrected chi connectivity index (χ3v) is 4.26. The van der Waals surface area contributed by atoms with Crippen molar-refractivity contribution < 1.29 is 14.7 Å². The molecule has 5 heteroatoms. The van der Waals surface area contributed by atoms with E-state index in [1.807, 2.05) is 30.3 Å². The minimum Gasteiger partial charge on any atom is -0.481 e. The number of benzene rings is 1. The highest BCUT2D eigenvalue weighted by molar-refractivity contribution is 7.20. The predicted molar refractivity (Wildman–Crippen MR) is 68.9 cm³/mol. The third kappa shape index (κ3) is 1.76. The Bertz CT molecular complexity index is 595. The number of carboxylic acids is 1. The van der Waals surface area contributed by atoms with E-state index in [-0.39, 0.29) is 5.91 Å². The molecule has 0 bridgehead atoms. The zero-order valence-corrected chi connectivity index (χ0v) is 10.3. The molecule has 1 aliphatic heterocycles. The molecule has 0 spiro atoms. The molecule has 1 aromatic carbocycles. The van der Waals surface area contributed by atoms with Gasteiger partial charge < -0.3 is 10.0 Å². The summed E-state index contributed by atoms with van der Waals surface area (Å²) < 4.78 is 1.08. The number of carbonyl (C=O) groups is 2. The number of hydrogen-bond acceptors (Lipinski definition) is 3. The summed E-state index contributed by atoms with van der Waals surface area (Å²) in [5.41, 5.74) is 0. The van der Waals surface area contributed by atoms with Crippen molar-refractivity contribution >= 4 is 33.3 Å². The molecule has 2 aromatic rings. The maximum Gasteiger partial charge on any atom is 0.310 e. The zero-order valence-electron chi connectivity index (χ0n) is 9.50. The molecule has 18 heavy (non-hydrogen) atoms. The molecule has 0 aliphatic carbocycles. The molecule has 1 saturated heterocycles. The van der Waals surface area contributed by atoms with Gasteiger partial charge in [-0.1, -0.05) is 18.2 Å². The zero-order chi connectivity index (χ0) is 12.7. The van der Waals surface area contributed by atoms with Crippen LogP contribution in [-0.2, 0) is 4.79 Å². The first-order valence-electron chi connectivity index (χ1n) is 5.66. The molecule has 1 amide bonds. The van der Waals surface area contributed by atoms with E-state index in [1.165, 1.54) is 11.3 Å². The summed E-state index contributed by atoms with van der Waals surface area (Å²) in [7, 11) is 0. The van der Waals surface area contributed by atoms with Crippen LogP contribution in [0.3, 0.4) is 0 Å². The lowest BCUT2D eigenvalue weighted by Crippen LogP contribution is -2.52. The monoisotopic (exact) mass is 261 g/mol. The molecule has 1 aromatic heterocycles. The van der Waals surface area contributed by atoms with Crippen molar-refractivity contribution in [1.82, 2.24) is 4.90 Å². The molecule has 1 fully saturated rings. The number of rotatable bonds is 2. The number of carbonyl (C=O) groups excluding carboxylic acids is 1. The van der Waals surface area contributed by atoms with E-state index in [0.29, 0.717) is 18.0 Å². The van der Waals surface area contributed by atoms with Crippen molar-refractivity contribution in [1.29, 1.82) is 0 Å². The molecule has 0 radical (unpaired) electrons. The van der Waals surface area contributed by atoms with Crippen molar-refractivity contribution in [3.05, 3.63) is 35.2 Å². The smallest absolute Gasteiger partial charge is 0.310 e. The number of nitrogens with zero attached hydrogens (tertiary/aromatic N) is 1. The van der Waals surface area contributed by atoms with Crippen LogP contribution in [0.1, 0.15) is 9.67 Å². The van der Waals surface area contributed by atoms with Gasteiger partial charge in [-0.05, 0) is 17.5 Å². The fourth-order valence-corrected chi connectivity index (χ4v) is 3.07. The van der Waals surface area contributed by atoms with E-state index >= 15 is 0 Å². The van der Waals surface area contributed by atoms with Crippen molar-refractivity contribution in [3.8, 4) is 0 Å². The number of amides is 1. The van der Waals surface area contributed by atoms with Crippen LogP contribution in [0.25, 0.3) is 10.1 Å². The molecule has 0 atom stereocenters. The van der Waals surface area contributed by atoms with Crippen LogP contribution in [0.2, 0.25) is 0 Å². The molecular formula is C13H11NO3S. The van der Waals surface area contributed by atoms with Gasteiger partial charge in [0.05, 0.1) is 10.8 Å². The summed E-state index contributed by atoms with van der Waals surface area (Å²) in [6, 6.07) is 9.70. The Labute approximate surface area is 107 Å². The van der Waals surface area contributed by atoms with E-state index < -0.39 is 11.9 Å². The Morgan fingerprint density at radius 1 is 1.28 bits per heavy atom. The standard InChI is InChI=1S/C13H11NO3S/c15-12(14-6-9(7-14)13(16)17)11-5-8-3-1-2-4-10(8)18-11/h1-5,9H,6-7H2,(H,16,17). The van der Waals surface area contributed by atoms with Gasteiger partial charge in [0, 0.05) is 17.8 Å². The SMILES string of the molecule is O=C(O)C1CN(C(=O)c2cc3ccccc3s2)C1. The molecule has 3 rings (SSSR count). The molecular weight excluding hydrogens is 250 g/mol. The lowest BCUT2D eigenvalue weighted by molar-refractivity contribution is -0.146. The van der Waals surface area contributed by atoms with Crippen LogP contribution in [0.15, 0.2) is 30.3 Å². The van der Waals surface area contributed by atoms with Gasteiger partial charge in [0.25, 0.3) is 5.91 Å². The fourth-order valence-electron chi connectivity index (χ4n) is 2.04. The largest absolute Gasteiger partial charge is 0.481 e. The van der Waals surface area contributed by atoms with Crippen molar-refractivity contribution in [2.24, 2.45) is 5.92 Å². The van der Waals surface area contributed by atoms with Gasteiger partial charge in [0.1, 0.15) is 0 Å². The molecule has 1 aliphatic rings. The van der Waals surface area contributed by atoms with E-state index in [4.69, 9.17) is 5.11 Å². The van der Waals surface area contributed by atoms with Gasteiger partial charge in [-0.3, -0.25) is 9.59 Å². The van der Waals surface area contributed by atoms with Gasteiger partial charge in [0.15, 0.2) is 0 Å². The van der Waals surface area contributed by atoms with E-state index in [1.54, 1.807) is 4.90 Å². The molecule has 4 nitrogen and oxygen atoms in total. The Morgan fingerprint density at radius 3 is 2.67 bits per heavy atom. The number of likely N-dealkylation sites (tertiary alicyclic amines) is 1. The average molecular weight is 261 g/mol. The van der Waals surface area contributed by atoms with Crippen molar-refractivity contribution in [2.45, 2.75) is 0 Å². The highest BCUT2D eigenvalue weighted by Gasteiger charge is 2.36. The van der Waals surface area contributed by atoms with Crippen molar-refractivity contribution in [3.63, 3.8) is 0 Å². The van der Waals surface area contributed by atoms with Crippen LogP contribution >= 0.6 is 11.3 Å². The second-order valence-corrected chi connectivity index (χ2v) is 5.48. The highest BCUT2D eigenvalue weighted by atomic mass is 32.1. The lowest BCUT2D eigenvalue weighted by atomic mass is 10.0. The average Bonchev–Trinajstić information content (AvgIpc) is 2.69. The maximum absolute atomic E-state index is 12.1. The number of aliphatic carboxylic acids is 1. The lowest BCUT2D eigenvalue weighted by Gasteiger charge is -2.36. The second kappa shape index (κ2) is 4.10. The van der Waals surface area contributed by atoms with Crippen LogP contribution in [0.5, 0.6) is 0 Å². The van der Waals surface area contributed by atoms with Gasteiger partial charge in [0.2, 0.25) is 0 Å². The summed E-state index contributed by atoms with van der Waals surface area (Å²) in [5.74, 6) is -1.28. The number of thiophene rings is 1. The second-order valence-electron chi connectivity index (χ2n) is 4.39. The first-order valence-corrected chi connectivity index (χ1v) is 6.47. The minimum absolute atomic E-state index is 0.0614. The molecule has 1 N–H and O–H groups in total. The number of hydrogen-bond donors (Lipinski definition) is 1. The normalized spacial score (nSPS) is 15.7. The van der Waals surface area contributed by atoms with E-state index in [9.17, 15) is 9.59 Å². The molecule has 92 valence electrons. The van der Waals surface area contributed by atoms with Crippen LogP contribution < -0.4 is 0 Å². The summed E-state index contributed by atoms with van der Waals surface area (Å²) in [4.78, 5) is 25.1. The number of fused-ring (bicyclic) bond motifs is 1. The van der Waals surface area contributed by atoms with Crippen LogP contribution in [0.4, 0.5) is 0 Å². The third-order valence-electron chi connectivity index (χ3n) is 3.15. The van der Waals surface area contributed by atoms with Gasteiger partial charge in [-0.2, -0.15) is 0 Å². The number of carboxylic acid groups (broad SMARTS) is 1. The highest BCUT2D eigenvalue weighted by Crippen LogP contribution is 2.28. The van der Waals surface area contributed by atoms with Gasteiger partial charge in [-0.25, -0.2) is 0 Å². The summed E-state index contributed by atoms with van der Waals surface area (Å²) in [6.07, 6.45) is 0. The Morgan fingerprint density at radius 2 is 2.00 bits per heavy atom. The Balaban J connectivity index is 1.79. The maximum atomic E-state index is 12.1. The minimum atomic E-state index is -0.824. The van der Waals surface area contributed by atoms with Crippen LogP contribution in [-0.4, -0.2) is 35.0 Å². The van der Waals surface area contributed by atoms with E-state index in [2.05, 4.69) is 0 Å². The summed E-state index contributed by atoms with van der Waals surface area (Å²) in [5, 5.41) is 9.84. The van der Waals surface area contributed by atoms with Crippen LogP contribution in [0, 0.1) is 5.92 Å². The Kier molecular flexibility index (Phi) is 2.56. The summed E-state index contributed by atoms with van der Waals surface area (Å²) >= 11 is 1.45. The molecule has 0 unspecified atom stereocenters. The first kappa shape index (κ1) is 11.2.